The van der Waals surface area contributed by atoms with E-state index in [4.69, 9.17) is 8.83 Å². The summed E-state index contributed by atoms with van der Waals surface area (Å²) in [6.07, 6.45) is 7.16. The molecule has 1 N–H and O–H groups in total. The highest BCUT2D eigenvalue weighted by Crippen LogP contribution is 2.41. The van der Waals surface area contributed by atoms with E-state index in [2.05, 4.69) is 21.2 Å². The third-order valence-electron chi connectivity index (χ3n) is 3.96. The third-order valence-corrected chi connectivity index (χ3v) is 4.75. The minimum atomic E-state index is 0.357. The predicted octanol–water partition coefficient (Wildman–Crippen LogP) is 4.76. The van der Waals surface area contributed by atoms with Crippen molar-refractivity contribution in [2.45, 2.75) is 25.3 Å². The Bertz CT molecular complexity index is 685. The van der Waals surface area contributed by atoms with Crippen LogP contribution in [0.1, 0.15) is 30.9 Å². The molecule has 4 heteroatoms. The Labute approximate surface area is 119 Å². The Kier molecular flexibility index (Phi) is 2.67. The molecule has 0 spiro atoms. The summed E-state index contributed by atoms with van der Waals surface area (Å²) in [6, 6.07) is 4.39. The van der Waals surface area contributed by atoms with Gasteiger partial charge in [0, 0.05) is 22.4 Å². The van der Waals surface area contributed by atoms with Gasteiger partial charge in [0.25, 0.3) is 0 Å². The van der Waals surface area contributed by atoms with E-state index < -0.39 is 0 Å². The van der Waals surface area contributed by atoms with Crippen LogP contribution < -0.4 is 5.32 Å². The van der Waals surface area contributed by atoms with Crippen LogP contribution >= 0.6 is 15.9 Å². The summed E-state index contributed by atoms with van der Waals surface area (Å²) in [4.78, 5) is 0. The number of nitrogens with one attached hydrogen (secondary N) is 1. The second-order valence-electron chi connectivity index (χ2n) is 5.06. The number of fused-ring (bicyclic) bond motifs is 2. The number of furan rings is 2. The van der Waals surface area contributed by atoms with E-state index in [1.165, 1.54) is 18.4 Å². The second kappa shape index (κ2) is 4.39. The van der Waals surface area contributed by atoms with Crippen LogP contribution in [-0.2, 0) is 0 Å². The highest BCUT2D eigenvalue weighted by molar-refractivity contribution is 9.10. The maximum absolute atomic E-state index is 5.75. The third kappa shape index (κ3) is 1.66. The zero-order valence-electron chi connectivity index (χ0n) is 10.4. The van der Waals surface area contributed by atoms with Crippen molar-refractivity contribution in [2.75, 3.05) is 6.54 Å². The summed E-state index contributed by atoms with van der Waals surface area (Å²) in [5.41, 5.74) is 3.13. The van der Waals surface area contributed by atoms with Crippen LogP contribution in [0.2, 0.25) is 0 Å². The lowest BCUT2D eigenvalue weighted by Crippen LogP contribution is -2.27. The van der Waals surface area contributed by atoms with E-state index in [0.29, 0.717) is 6.04 Å². The standard InChI is InChI=1S/C15H14BrNO2/c16-13-10-5-8-18-14(10)12(9-4-7-19-15(9)13)11-3-1-2-6-17-11/h4-5,7-8,11,17H,1-3,6H2. The van der Waals surface area contributed by atoms with Crippen molar-refractivity contribution in [1.82, 2.24) is 5.32 Å². The van der Waals surface area contributed by atoms with Crippen molar-refractivity contribution >= 4 is 37.9 Å². The summed E-state index contributed by atoms with van der Waals surface area (Å²) in [6.45, 7) is 1.07. The molecular weight excluding hydrogens is 306 g/mol. The predicted molar refractivity (Wildman–Crippen MR) is 78.3 cm³/mol. The molecule has 3 heterocycles. The minimum absolute atomic E-state index is 0.357. The van der Waals surface area contributed by atoms with Gasteiger partial charge < -0.3 is 14.2 Å². The van der Waals surface area contributed by atoms with Crippen LogP contribution in [0.25, 0.3) is 21.9 Å². The van der Waals surface area contributed by atoms with Gasteiger partial charge in [0.2, 0.25) is 0 Å². The first-order valence-corrected chi connectivity index (χ1v) is 7.44. The van der Waals surface area contributed by atoms with Crippen molar-refractivity contribution in [3.63, 3.8) is 0 Å². The van der Waals surface area contributed by atoms with Crippen LogP contribution in [-0.4, -0.2) is 6.54 Å². The fraction of sp³-hybridized carbons (Fsp3) is 0.333. The minimum Gasteiger partial charge on any atom is -0.464 e. The van der Waals surface area contributed by atoms with Gasteiger partial charge in [-0.3, -0.25) is 0 Å². The summed E-state index contributed by atoms with van der Waals surface area (Å²) in [5.74, 6) is 0. The van der Waals surface area contributed by atoms with E-state index in [9.17, 15) is 0 Å². The van der Waals surface area contributed by atoms with Gasteiger partial charge in [0.1, 0.15) is 11.2 Å². The van der Waals surface area contributed by atoms with Gasteiger partial charge in [0.05, 0.1) is 17.0 Å². The largest absolute Gasteiger partial charge is 0.464 e. The molecule has 1 fully saturated rings. The van der Waals surface area contributed by atoms with Crippen LogP contribution in [0.3, 0.4) is 0 Å². The molecule has 98 valence electrons. The van der Waals surface area contributed by atoms with Crippen molar-refractivity contribution in [3.8, 4) is 0 Å². The van der Waals surface area contributed by atoms with Gasteiger partial charge in [-0.1, -0.05) is 6.42 Å². The van der Waals surface area contributed by atoms with Gasteiger partial charge >= 0.3 is 0 Å². The van der Waals surface area contributed by atoms with Gasteiger partial charge in [-0.2, -0.15) is 0 Å². The Hall–Kier alpha value is -1.26. The van der Waals surface area contributed by atoms with Crippen LogP contribution in [0.5, 0.6) is 0 Å². The van der Waals surface area contributed by atoms with Gasteiger partial charge in [-0.15, -0.1) is 0 Å². The van der Waals surface area contributed by atoms with Crippen LogP contribution in [0.4, 0.5) is 0 Å². The van der Waals surface area contributed by atoms with Gasteiger partial charge in [0.15, 0.2) is 0 Å². The Morgan fingerprint density at radius 3 is 2.63 bits per heavy atom. The maximum Gasteiger partial charge on any atom is 0.149 e. The number of piperidine rings is 1. The van der Waals surface area contributed by atoms with Crippen LogP contribution in [0.15, 0.2) is 38.0 Å². The van der Waals surface area contributed by atoms with Crippen molar-refractivity contribution in [3.05, 3.63) is 34.7 Å². The average molecular weight is 320 g/mol. The lowest BCUT2D eigenvalue weighted by molar-refractivity contribution is 0.412. The van der Waals surface area contributed by atoms with E-state index in [0.717, 1.165) is 39.4 Å². The fourth-order valence-corrected chi connectivity index (χ4v) is 3.69. The smallest absolute Gasteiger partial charge is 0.149 e. The number of hydrogen-bond donors (Lipinski definition) is 1. The topological polar surface area (TPSA) is 38.3 Å². The molecular formula is C15H14BrNO2. The Morgan fingerprint density at radius 2 is 1.84 bits per heavy atom. The normalized spacial score (nSPS) is 20.4. The monoisotopic (exact) mass is 319 g/mol. The molecule has 0 amide bonds. The average Bonchev–Trinajstić information content (AvgIpc) is 3.09. The highest BCUT2D eigenvalue weighted by Gasteiger charge is 2.24. The zero-order valence-corrected chi connectivity index (χ0v) is 12.0. The first-order valence-electron chi connectivity index (χ1n) is 6.65. The Balaban J connectivity index is 2.06. The van der Waals surface area contributed by atoms with Crippen molar-refractivity contribution in [1.29, 1.82) is 0 Å². The number of halogens is 1. The van der Waals surface area contributed by atoms with Crippen molar-refractivity contribution in [2.24, 2.45) is 0 Å². The molecule has 2 aromatic heterocycles. The van der Waals surface area contributed by atoms with E-state index >= 15 is 0 Å². The van der Waals surface area contributed by atoms with Gasteiger partial charge in [-0.25, -0.2) is 0 Å². The molecule has 3 nitrogen and oxygen atoms in total. The van der Waals surface area contributed by atoms with Crippen LogP contribution in [0, 0.1) is 0 Å². The lowest BCUT2D eigenvalue weighted by Gasteiger charge is -2.24. The van der Waals surface area contributed by atoms with E-state index in [1.807, 2.05) is 12.1 Å². The molecule has 1 aliphatic heterocycles. The molecule has 0 radical (unpaired) electrons. The second-order valence-corrected chi connectivity index (χ2v) is 5.85. The zero-order chi connectivity index (χ0) is 12.8. The Morgan fingerprint density at radius 1 is 1.05 bits per heavy atom. The van der Waals surface area contributed by atoms with Crippen molar-refractivity contribution < 1.29 is 8.83 Å². The molecule has 1 atom stereocenters. The quantitative estimate of drug-likeness (QED) is 0.703. The molecule has 1 aromatic carbocycles. The molecule has 1 aliphatic rings. The maximum atomic E-state index is 5.75. The molecule has 0 aliphatic carbocycles. The first-order chi connectivity index (χ1) is 9.36. The van der Waals surface area contributed by atoms with E-state index in [1.54, 1.807) is 12.5 Å². The molecule has 3 aromatic rings. The molecule has 0 bridgehead atoms. The lowest BCUT2D eigenvalue weighted by atomic mass is 9.93. The summed E-state index contributed by atoms with van der Waals surface area (Å²) < 4.78 is 12.4. The SMILES string of the molecule is Brc1c2ccoc2c(C2CCCCN2)c2ccoc12. The van der Waals surface area contributed by atoms with E-state index in [-0.39, 0.29) is 0 Å². The first kappa shape index (κ1) is 11.6. The summed E-state index contributed by atoms with van der Waals surface area (Å²) >= 11 is 3.62. The molecule has 4 rings (SSSR count). The number of hydrogen-bond acceptors (Lipinski definition) is 3. The summed E-state index contributed by atoms with van der Waals surface area (Å²) in [5, 5.41) is 5.84. The molecule has 1 unspecified atom stereocenters. The molecule has 1 saturated heterocycles. The van der Waals surface area contributed by atoms with Gasteiger partial charge in [-0.05, 0) is 47.4 Å². The highest BCUT2D eigenvalue weighted by atomic mass is 79.9. The molecule has 0 saturated carbocycles. The number of rotatable bonds is 1. The molecule has 19 heavy (non-hydrogen) atoms. The number of benzene rings is 1. The fourth-order valence-electron chi connectivity index (χ4n) is 3.07. The summed E-state index contributed by atoms with van der Waals surface area (Å²) in [7, 11) is 0.